The molecule has 2 heterocycles. The number of hydrogen-bond donors (Lipinski definition) is 0. The monoisotopic (exact) mass is 240 g/mol. The first kappa shape index (κ1) is 10.8. The van der Waals surface area contributed by atoms with E-state index in [1.165, 1.54) is 0 Å². The van der Waals surface area contributed by atoms with Crippen LogP contribution in [0.4, 0.5) is 0 Å². The van der Waals surface area contributed by atoms with Crippen LogP contribution in [0.15, 0.2) is 53.4 Å². The van der Waals surface area contributed by atoms with Gasteiger partial charge in [-0.25, -0.2) is 4.98 Å². The van der Waals surface area contributed by atoms with Crippen molar-refractivity contribution in [3.63, 3.8) is 0 Å². The number of carbonyl (C=O) groups is 1. The highest BCUT2D eigenvalue weighted by molar-refractivity contribution is 5.83. The number of imidazole rings is 1. The van der Waals surface area contributed by atoms with Gasteiger partial charge in [-0.05, 0) is 24.3 Å². The van der Waals surface area contributed by atoms with E-state index in [1.807, 2.05) is 34.9 Å². The van der Waals surface area contributed by atoms with Crippen LogP contribution in [0.3, 0.4) is 0 Å². The van der Waals surface area contributed by atoms with Crippen molar-refractivity contribution in [1.29, 1.82) is 0 Å². The highest BCUT2D eigenvalue weighted by Gasteiger charge is 2.09. The number of ketones is 1. The van der Waals surface area contributed by atoms with Crippen molar-refractivity contribution in [2.45, 2.75) is 13.0 Å². The van der Waals surface area contributed by atoms with Crippen molar-refractivity contribution in [3.05, 3.63) is 54.7 Å². The zero-order valence-electron chi connectivity index (χ0n) is 9.74. The summed E-state index contributed by atoms with van der Waals surface area (Å²) in [6.07, 6.45) is 3.60. The Balaban J connectivity index is 1.78. The van der Waals surface area contributed by atoms with Crippen molar-refractivity contribution in [2.24, 2.45) is 0 Å². The summed E-state index contributed by atoms with van der Waals surface area (Å²) in [6.45, 7) is 0.321. The maximum atomic E-state index is 11.9. The molecule has 0 aliphatic carbocycles. The lowest BCUT2D eigenvalue weighted by Gasteiger charge is -2.02. The number of benzene rings is 1. The van der Waals surface area contributed by atoms with E-state index < -0.39 is 0 Å². The van der Waals surface area contributed by atoms with Gasteiger partial charge in [0.1, 0.15) is 5.76 Å². The molecule has 0 bridgehead atoms. The van der Waals surface area contributed by atoms with Crippen molar-refractivity contribution in [1.82, 2.24) is 9.55 Å². The van der Waals surface area contributed by atoms with Crippen LogP contribution >= 0.6 is 0 Å². The van der Waals surface area contributed by atoms with Crippen LogP contribution in [0, 0.1) is 0 Å². The maximum absolute atomic E-state index is 11.9. The van der Waals surface area contributed by atoms with Gasteiger partial charge in [0.2, 0.25) is 0 Å². The predicted molar refractivity (Wildman–Crippen MR) is 67.2 cm³/mol. The third-order valence-corrected chi connectivity index (χ3v) is 2.83. The smallest absolute Gasteiger partial charge is 0.160 e. The van der Waals surface area contributed by atoms with Crippen molar-refractivity contribution in [2.75, 3.05) is 0 Å². The molecule has 0 aliphatic rings. The molecular formula is C14H12N2O2. The molecule has 0 saturated heterocycles. The Labute approximate surface area is 104 Å². The summed E-state index contributed by atoms with van der Waals surface area (Å²) >= 11 is 0. The lowest BCUT2D eigenvalue weighted by atomic mass is 10.2. The Morgan fingerprint density at radius 2 is 2.11 bits per heavy atom. The number of hydrogen-bond acceptors (Lipinski definition) is 3. The first-order valence-electron chi connectivity index (χ1n) is 5.77. The van der Waals surface area contributed by atoms with E-state index in [2.05, 4.69) is 4.98 Å². The zero-order valence-corrected chi connectivity index (χ0v) is 9.74. The van der Waals surface area contributed by atoms with Gasteiger partial charge in [0.25, 0.3) is 0 Å². The fourth-order valence-corrected chi connectivity index (χ4v) is 1.99. The van der Waals surface area contributed by atoms with Crippen LogP contribution in [0.1, 0.15) is 5.76 Å². The number of furan rings is 1. The molecule has 4 nitrogen and oxygen atoms in total. The Hall–Kier alpha value is -2.36. The Bertz CT molecular complexity index is 668. The fraction of sp³-hybridized carbons (Fsp3) is 0.143. The van der Waals surface area contributed by atoms with Crippen LogP contribution < -0.4 is 0 Å². The molecule has 0 fully saturated rings. The molecule has 0 saturated carbocycles. The molecule has 90 valence electrons. The summed E-state index contributed by atoms with van der Waals surface area (Å²) in [7, 11) is 0. The van der Waals surface area contributed by atoms with Crippen LogP contribution in [-0.2, 0) is 17.8 Å². The van der Waals surface area contributed by atoms with Crippen LogP contribution in [0.5, 0.6) is 0 Å². The quantitative estimate of drug-likeness (QED) is 0.703. The molecule has 4 heteroatoms. The zero-order chi connectivity index (χ0) is 12.4. The highest BCUT2D eigenvalue weighted by atomic mass is 16.3. The second kappa shape index (κ2) is 4.49. The van der Waals surface area contributed by atoms with Gasteiger partial charge in [0.05, 0.1) is 36.6 Å². The number of carbonyl (C=O) groups excluding carboxylic acids is 1. The maximum Gasteiger partial charge on any atom is 0.160 e. The number of Topliss-reactive ketones (excluding diaryl/α,β-unsaturated/α-hetero) is 1. The van der Waals surface area contributed by atoms with E-state index in [1.54, 1.807) is 18.7 Å². The lowest BCUT2D eigenvalue weighted by molar-refractivity contribution is -0.119. The van der Waals surface area contributed by atoms with Crippen molar-refractivity contribution in [3.8, 4) is 0 Å². The topological polar surface area (TPSA) is 48.0 Å². The number of aromatic nitrogens is 2. The summed E-state index contributed by atoms with van der Waals surface area (Å²) in [4.78, 5) is 16.2. The second-order valence-electron chi connectivity index (χ2n) is 4.16. The number of rotatable bonds is 4. The van der Waals surface area contributed by atoms with Crippen LogP contribution in [0.25, 0.3) is 11.0 Å². The molecule has 0 unspecified atom stereocenters. The van der Waals surface area contributed by atoms with Crippen LogP contribution in [-0.4, -0.2) is 15.3 Å². The van der Waals surface area contributed by atoms with Gasteiger partial charge < -0.3 is 8.98 Å². The van der Waals surface area contributed by atoms with E-state index in [0.717, 1.165) is 11.0 Å². The molecule has 3 rings (SSSR count). The normalized spacial score (nSPS) is 10.9. The van der Waals surface area contributed by atoms with Gasteiger partial charge in [-0.3, -0.25) is 4.79 Å². The fourth-order valence-electron chi connectivity index (χ4n) is 1.99. The molecule has 3 aromatic rings. The molecule has 0 amide bonds. The summed E-state index contributed by atoms with van der Waals surface area (Å²) in [5, 5.41) is 0. The molecule has 0 aliphatic heterocycles. The first-order valence-corrected chi connectivity index (χ1v) is 5.77. The molecular weight excluding hydrogens is 228 g/mol. The molecule has 1 aromatic carbocycles. The van der Waals surface area contributed by atoms with Gasteiger partial charge >= 0.3 is 0 Å². The minimum atomic E-state index is 0.105. The SMILES string of the molecule is O=C(Cc1ccco1)Cn1cnc2ccccc21. The number of para-hydroxylation sites is 2. The average molecular weight is 240 g/mol. The standard InChI is InChI=1S/C14H12N2O2/c17-11(8-12-4-3-7-18-12)9-16-10-15-13-5-1-2-6-14(13)16/h1-7,10H,8-9H2. The summed E-state index contributed by atoms with van der Waals surface area (Å²) in [5.74, 6) is 0.803. The van der Waals surface area contributed by atoms with Crippen molar-refractivity contribution < 1.29 is 9.21 Å². The van der Waals surface area contributed by atoms with Gasteiger partial charge in [-0.15, -0.1) is 0 Å². The summed E-state index contributed by atoms with van der Waals surface area (Å²) < 4.78 is 7.03. The van der Waals surface area contributed by atoms with Gasteiger partial charge in [0.15, 0.2) is 5.78 Å². The highest BCUT2D eigenvalue weighted by Crippen LogP contribution is 2.12. The second-order valence-corrected chi connectivity index (χ2v) is 4.16. The predicted octanol–water partition coefficient (Wildman–Crippen LogP) is 2.44. The lowest BCUT2D eigenvalue weighted by Crippen LogP contribution is -2.11. The minimum Gasteiger partial charge on any atom is -0.469 e. The number of fused-ring (bicyclic) bond motifs is 1. The third kappa shape index (κ3) is 2.05. The Morgan fingerprint density at radius 3 is 2.94 bits per heavy atom. The van der Waals surface area contributed by atoms with Gasteiger partial charge in [-0.1, -0.05) is 12.1 Å². The molecule has 0 atom stereocenters. The van der Waals surface area contributed by atoms with Crippen LogP contribution in [0.2, 0.25) is 0 Å². The molecule has 2 aromatic heterocycles. The molecule has 0 radical (unpaired) electrons. The van der Waals surface area contributed by atoms with E-state index in [0.29, 0.717) is 18.7 Å². The molecule has 0 N–H and O–H groups in total. The largest absolute Gasteiger partial charge is 0.469 e. The Morgan fingerprint density at radius 1 is 1.22 bits per heavy atom. The average Bonchev–Trinajstić information content (AvgIpc) is 3.00. The van der Waals surface area contributed by atoms with Gasteiger partial charge in [-0.2, -0.15) is 0 Å². The molecule has 18 heavy (non-hydrogen) atoms. The summed E-state index contributed by atoms with van der Waals surface area (Å²) in [6, 6.07) is 11.4. The Kier molecular flexibility index (Phi) is 2.68. The van der Waals surface area contributed by atoms with E-state index in [9.17, 15) is 4.79 Å². The minimum absolute atomic E-state index is 0.105. The summed E-state index contributed by atoms with van der Waals surface area (Å²) in [5.41, 5.74) is 1.88. The van der Waals surface area contributed by atoms with Crippen molar-refractivity contribution >= 4 is 16.8 Å². The van der Waals surface area contributed by atoms with E-state index in [4.69, 9.17) is 4.42 Å². The van der Waals surface area contributed by atoms with E-state index >= 15 is 0 Å². The third-order valence-electron chi connectivity index (χ3n) is 2.83. The molecule has 0 spiro atoms. The van der Waals surface area contributed by atoms with E-state index in [-0.39, 0.29) is 5.78 Å². The van der Waals surface area contributed by atoms with Gasteiger partial charge in [0, 0.05) is 0 Å². The number of nitrogens with zero attached hydrogens (tertiary/aromatic N) is 2. The first-order chi connectivity index (χ1) is 8.83.